The van der Waals surface area contributed by atoms with Gasteiger partial charge in [-0.2, -0.15) is 0 Å². The van der Waals surface area contributed by atoms with Crippen molar-refractivity contribution in [3.63, 3.8) is 0 Å². The summed E-state index contributed by atoms with van der Waals surface area (Å²) in [4.78, 5) is 4.36. The summed E-state index contributed by atoms with van der Waals surface area (Å²) in [5.41, 5.74) is 1.37. The molecule has 0 fully saturated rings. The number of rotatable bonds is 3. The third-order valence-electron chi connectivity index (χ3n) is 2.31. The summed E-state index contributed by atoms with van der Waals surface area (Å²) in [6, 6.07) is 8.47. The largest absolute Gasteiger partial charge is 0.372 e. The van der Waals surface area contributed by atoms with E-state index in [2.05, 4.69) is 50.5 Å². The highest BCUT2D eigenvalue weighted by Crippen LogP contribution is 2.12. The fourth-order valence-electron chi connectivity index (χ4n) is 1.53. The first-order chi connectivity index (χ1) is 6.84. The molecule has 0 amide bonds. The number of halogens is 1. The van der Waals surface area contributed by atoms with Crippen molar-refractivity contribution in [2.45, 2.75) is 12.8 Å². The third kappa shape index (κ3) is 2.58. The topological polar surface area (TPSA) is 24.4 Å². The highest BCUT2D eigenvalue weighted by Gasteiger charge is 2.04. The fourth-order valence-corrected chi connectivity index (χ4v) is 1.79. The highest BCUT2D eigenvalue weighted by molar-refractivity contribution is 9.10. The SMILES string of the molecule is Brc1ccc(CCC2=NCCN2)cc1. The van der Waals surface area contributed by atoms with E-state index in [-0.39, 0.29) is 0 Å². The Morgan fingerprint density at radius 2 is 2.00 bits per heavy atom. The van der Waals surface area contributed by atoms with E-state index < -0.39 is 0 Å². The van der Waals surface area contributed by atoms with Gasteiger partial charge >= 0.3 is 0 Å². The van der Waals surface area contributed by atoms with Crippen LogP contribution in [0.15, 0.2) is 33.7 Å². The zero-order valence-electron chi connectivity index (χ0n) is 7.96. The molecule has 2 nitrogen and oxygen atoms in total. The van der Waals surface area contributed by atoms with Crippen LogP contribution >= 0.6 is 15.9 Å². The van der Waals surface area contributed by atoms with Crippen LogP contribution in [0.25, 0.3) is 0 Å². The molecular weight excluding hydrogens is 240 g/mol. The van der Waals surface area contributed by atoms with Gasteiger partial charge in [0.25, 0.3) is 0 Å². The first-order valence-electron chi connectivity index (χ1n) is 4.86. The van der Waals surface area contributed by atoms with Crippen LogP contribution in [-0.2, 0) is 6.42 Å². The Morgan fingerprint density at radius 1 is 1.21 bits per heavy atom. The summed E-state index contributed by atoms with van der Waals surface area (Å²) < 4.78 is 1.14. The summed E-state index contributed by atoms with van der Waals surface area (Å²) in [6.45, 7) is 1.95. The Balaban J connectivity index is 1.88. The van der Waals surface area contributed by atoms with Gasteiger partial charge in [-0.1, -0.05) is 28.1 Å². The molecule has 1 aliphatic heterocycles. The van der Waals surface area contributed by atoms with E-state index >= 15 is 0 Å². The summed E-state index contributed by atoms with van der Waals surface area (Å²) >= 11 is 3.43. The van der Waals surface area contributed by atoms with Crippen molar-refractivity contribution in [2.75, 3.05) is 13.1 Å². The molecule has 0 radical (unpaired) electrons. The molecule has 0 atom stereocenters. The van der Waals surface area contributed by atoms with Crippen LogP contribution < -0.4 is 5.32 Å². The second-order valence-corrected chi connectivity index (χ2v) is 4.30. The van der Waals surface area contributed by atoms with Gasteiger partial charge in [0.1, 0.15) is 0 Å². The lowest BCUT2D eigenvalue weighted by Gasteiger charge is -2.02. The quantitative estimate of drug-likeness (QED) is 0.878. The second-order valence-electron chi connectivity index (χ2n) is 3.38. The summed E-state index contributed by atoms with van der Waals surface area (Å²) in [5.74, 6) is 1.16. The Hall–Kier alpha value is -0.830. The van der Waals surface area contributed by atoms with E-state index in [0.717, 1.165) is 36.2 Å². The molecule has 0 aliphatic carbocycles. The minimum atomic E-state index is 0.940. The molecule has 1 N–H and O–H groups in total. The van der Waals surface area contributed by atoms with E-state index in [9.17, 15) is 0 Å². The van der Waals surface area contributed by atoms with Crippen molar-refractivity contribution in [1.82, 2.24) is 5.32 Å². The van der Waals surface area contributed by atoms with Gasteiger partial charge < -0.3 is 5.32 Å². The maximum absolute atomic E-state index is 4.36. The predicted octanol–water partition coefficient (Wildman–Crippen LogP) is 2.38. The molecule has 1 heterocycles. The van der Waals surface area contributed by atoms with Gasteiger partial charge in [0, 0.05) is 17.4 Å². The van der Waals surface area contributed by atoms with Gasteiger partial charge in [-0.25, -0.2) is 0 Å². The Labute approximate surface area is 92.6 Å². The van der Waals surface area contributed by atoms with E-state index in [1.807, 2.05) is 0 Å². The smallest absolute Gasteiger partial charge is 0.0967 e. The van der Waals surface area contributed by atoms with E-state index in [0.29, 0.717) is 0 Å². The molecular formula is C11H13BrN2. The first kappa shape index (κ1) is 9.71. The Morgan fingerprint density at radius 3 is 2.64 bits per heavy atom. The maximum atomic E-state index is 4.36. The zero-order chi connectivity index (χ0) is 9.80. The van der Waals surface area contributed by atoms with Gasteiger partial charge in [0.15, 0.2) is 0 Å². The molecule has 1 aromatic carbocycles. The van der Waals surface area contributed by atoms with Crippen LogP contribution in [0.4, 0.5) is 0 Å². The van der Waals surface area contributed by atoms with Crippen LogP contribution in [0.2, 0.25) is 0 Å². The molecule has 2 rings (SSSR count). The van der Waals surface area contributed by atoms with Crippen molar-refractivity contribution < 1.29 is 0 Å². The lowest BCUT2D eigenvalue weighted by molar-refractivity contribution is 0.934. The number of hydrogen-bond acceptors (Lipinski definition) is 2. The first-order valence-corrected chi connectivity index (χ1v) is 5.65. The summed E-state index contributed by atoms with van der Waals surface area (Å²) in [5, 5.41) is 3.28. The molecule has 0 bridgehead atoms. The molecule has 0 saturated carbocycles. The van der Waals surface area contributed by atoms with Gasteiger partial charge in [0.2, 0.25) is 0 Å². The lowest BCUT2D eigenvalue weighted by atomic mass is 10.1. The zero-order valence-corrected chi connectivity index (χ0v) is 9.55. The van der Waals surface area contributed by atoms with Crippen molar-refractivity contribution in [2.24, 2.45) is 4.99 Å². The van der Waals surface area contributed by atoms with E-state index in [1.54, 1.807) is 0 Å². The lowest BCUT2D eigenvalue weighted by Crippen LogP contribution is -2.18. The summed E-state index contributed by atoms with van der Waals surface area (Å²) in [6.07, 6.45) is 2.10. The second kappa shape index (κ2) is 4.60. The van der Waals surface area contributed by atoms with E-state index in [1.165, 1.54) is 5.56 Å². The van der Waals surface area contributed by atoms with Gasteiger partial charge in [-0.05, 0) is 24.1 Å². The minimum Gasteiger partial charge on any atom is -0.372 e. The fraction of sp³-hybridized carbons (Fsp3) is 0.364. The number of nitrogens with one attached hydrogen (secondary N) is 1. The molecule has 0 aromatic heterocycles. The normalized spacial score (nSPS) is 15.1. The van der Waals surface area contributed by atoms with Crippen LogP contribution in [0, 0.1) is 0 Å². The monoisotopic (exact) mass is 252 g/mol. The number of hydrogen-bond donors (Lipinski definition) is 1. The Kier molecular flexibility index (Phi) is 3.19. The van der Waals surface area contributed by atoms with Crippen LogP contribution in [0.1, 0.15) is 12.0 Å². The number of aryl methyl sites for hydroxylation is 1. The molecule has 1 aliphatic rings. The number of aliphatic imine (C=N–C) groups is 1. The number of amidine groups is 1. The molecule has 0 saturated heterocycles. The van der Waals surface area contributed by atoms with Crippen molar-refractivity contribution in [1.29, 1.82) is 0 Å². The molecule has 0 spiro atoms. The average Bonchev–Trinajstić information content (AvgIpc) is 2.70. The van der Waals surface area contributed by atoms with Crippen LogP contribution in [0.5, 0.6) is 0 Å². The van der Waals surface area contributed by atoms with Crippen molar-refractivity contribution in [3.8, 4) is 0 Å². The maximum Gasteiger partial charge on any atom is 0.0967 e. The molecule has 14 heavy (non-hydrogen) atoms. The molecule has 3 heteroatoms. The number of benzene rings is 1. The van der Waals surface area contributed by atoms with Crippen LogP contribution in [0.3, 0.4) is 0 Å². The van der Waals surface area contributed by atoms with Gasteiger partial charge in [-0.3, -0.25) is 4.99 Å². The molecule has 74 valence electrons. The highest BCUT2D eigenvalue weighted by atomic mass is 79.9. The predicted molar refractivity (Wildman–Crippen MR) is 62.8 cm³/mol. The van der Waals surface area contributed by atoms with Crippen molar-refractivity contribution in [3.05, 3.63) is 34.3 Å². The minimum absolute atomic E-state index is 0.940. The number of nitrogens with zero attached hydrogens (tertiary/aromatic N) is 1. The van der Waals surface area contributed by atoms with Crippen LogP contribution in [-0.4, -0.2) is 18.9 Å². The summed E-state index contributed by atoms with van der Waals surface area (Å²) in [7, 11) is 0. The van der Waals surface area contributed by atoms with Gasteiger partial charge in [-0.15, -0.1) is 0 Å². The molecule has 1 aromatic rings. The van der Waals surface area contributed by atoms with E-state index in [4.69, 9.17) is 0 Å². The van der Waals surface area contributed by atoms with Crippen molar-refractivity contribution >= 4 is 21.8 Å². The average molecular weight is 253 g/mol. The van der Waals surface area contributed by atoms with Gasteiger partial charge in [0.05, 0.1) is 12.4 Å². The standard InChI is InChI=1S/C11H13BrN2/c12-10-4-1-9(2-5-10)3-6-11-13-7-8-14-11/h1-2,4-5H,3,6-8H2,(H,13,14). The third-order valence-corrected chi connectivity index (χ3v) is 2.84. The Bertz CT molecular complexity index is 330. The molecule has 0 unspecified atom stereocenters.